The average molecular weight is 296 g/mol. The molecule has 0 aromatic carbocycles. The second-order valence-electron chi connectivity index (χ2n) is 4.69. The quantitative estimate of drug-likeness (QED) is 0.338. The van der Waals surface area contributed by atoms with Crippen molar-refractivity contribution in [2.75, 3.05) is 20.8 Å². The Morgan fingerprint density at radius 2 is 2.10 bits per heavy atom. The Balaban J connectivity index is 2.28. The van der Waals surface area contributed by atoms with Gasteiger partial charge < -0.3 is 19.3 Å². The smallest absolute Gasteiger partial charge is 0.372 e. The molecule has 0 unspecified atom stereocenters. The molecule has 0 fully saturated rings. The Bertz CT molecular complexity index is 529. The number of aliphatic hydroxyl groups excluding tert-OH is 1. The molecule has 4 atom stereocenters. The van der Waals surface area contributed by atoms with Crippen molar-refractivity contribution in [2.45, 2.75) is 17.7 Å². The maximum atomic E-state index is 12.0. The predicted octanol–water partition coefficient (Wildman–Crippen LogP) is -0.0172. The summed E-state index contributed by atoms with van der Waals surface area (Å²) in [5.74, 6) is -2.21. The molecule has 1 N–H and O–H groups in total. The highest BCUT2D eigenvalue weighted by molar-refractivity contribution is 5.86. The minimum Gasteiger partial charge on any atom is -0.480 e. The first-order valence-corrected chi connectivity index (χ1v) is 6.24. The third kappa shape index (κ3) is 2.42. The molecule has 8 heteroatoms. The number of aliphatic hydroxyl groups is 1. The van der Waals surface area contributed by atoms with Crippen LogP contribution in [0.1, 0.15) is 0 Å². The molecule has 114 valence electrons. The first-order chi connectivity index (χ1) is 9.96. The van der Waals surface area contributed by atoms with E-state index in [1.807, 2.05) is 0 Å². The summed E-state index contributed by atoms with van der Waals surface area (Å²) >= 11 is 0. The van der Waals surface area contributed by atoms with Crippen LogP contribution in [-0.2, 0) is 23.8 Å². The lowest BCUT2D eigenvalue weighted by atomic mass is 9.75. The van der Waals surface area contributed by atoms with Crippen molar-refractivity contribution in [1.29, 1.82) is 0 Å². The van der Waals surface area contributed by atoms with Gasteiger partial charge in [-0.05, 0) is 12.7 Å². The van der Waals surface area contributed by atoms with Gasteiger partial charge in [-0.1, -0.05) is 6.08 Å². The lowest BCUT2D eigenvalue weighted by molar-refractivity contribution is -0.151. The zero-order chi connectivity index (χ0) is 15.6. The molecule has 21 heavy (non-hydrogen) atoms. The van der Waals surface area contributed by atoms with E-state index in [-0.39, 0.29) is 12.3 Å². The zero-order valence-corrected chi connectivity index (χ0v) is 11.7. The molecule has 0 amide bonds. The number of carbonyl (C=O) groups excluding carboxylic acids is 2. The van der Waals surface area contributed by atoms with Gasteiger partial charge in [-0.2, -0.15) is 10.2 Å². The number of azo groups is 1. The summed E-state index contributed by atoms with van der Waals surface area (Å²) in [6.45, 7) is 3.61. The molecule has 1 heterocycles. The van der Waals surface area contributed by atoms with Crippen LogP contribution in [0.2, 0.25) is 0 Å². The van der Waals surface area contributed by atoms with E-state index in [9.17, 15) is 14.7 Å². The maximum absolute atomic E-state index is 12.0. The summed E-state index contributed by atoms with van der Waals surface area (Å²) in [4.78, 5) is 23.4. The first kappa shape index (κ1) is 15.2. The fourth-order valence-corrected chi connectivity index (χ4v) is 2.46. The second-order valence-corrected chi connectivity index (χ2v) is 4.69. The summed E-state index contributed by atoms with van der Waals surface area (Å²) in [6.07, 6.45) is 0.881. The van der Waals surface area contributed by atoms with Crippen LogP contribution in [0.5, 0.6) is 0 Å². The molecule has 0 saturated carbocycles. The summed E-state index contributed by atoms with van der Waals surface area (Å²) in [6, 6.07) is 0. The van der Waals surface area contributed by atoms with Crippen LogP contribution in [0, 0.1) is 5.92 Å². The Labute approximate surface area is 121 Å². The number of hydrogen-bond donors (Lipinski definition) is 1. The van der Waals surface area contributed by atoms with Crippen molar-refractivity contribution in [3.8, 4) is 0 Å². The van der Waals surface area contributed by atoms with Crippen LogP contribution in [0.15, 0.2) is 34.7 Å². The Morgan fingerprint density at radius 1 is 1.38 bits per heavy atom. The van der Waals surface area contributed by atoms with Crippen molar-refractivity contribution in [3.05, 3.63) is 24.5 Å². The molecular formula is C13H16N2O6. The zero-order valence-electron chi connectivity index (χ0n) is 11.7. The SMILES string of the molecule is C=C(O[C@H]1[C@H](O)C=C[C@]2(C(=O)OC)N=NC[C@H]12)C(=O)OC. The third-order valence-corrected chi connectivity index (χ3v) is 3.56. The minimum absolute atomic E-state index is 0.162. The van der Waals surface area contributed by atoms with Gasteiger partial charge in [0.05, 0.1) is 26.7 Å². The molecule has 0 aromatic heterocycles. The molecule has 0 bridgehead atoms. The topological polar surface area (TPSA) is 107 Å². The number of methoxy groups -OCH3 is 2. The highest BCUT2D eigenvalue weighted by Crippen LogP contribution is 2.40. The molecule has 2 rings (SSSR count). The van der Waals surface area contributed by atoms with E-state index in [0.717, 1.165) is 0 Å². The molecule has 0 spiro atoms. The number of esters is 2. The van der Waals surface area contributed by atoms with E-state index in [1.165, 1.54) is 26.4 Å². The number of nitrogens with zero attached hydrogens (tertiary/aromatic N) is 2. The van der Waals surface area contributed by atoms with Crippen molar-refractivity contribution in [3.63, 3.8) is 0 Å². The summed E-state index contributed by atoms with van der Waals surface area (Å²) < 4.78 is 14.6. The highest BCUT2D eigenvalue weighted by atomic mass is 16.6. The lowest BCUT2D eigenvalue weighted by Crippen LogP contribution is -2.54. The van der Waals surface area contributed by atoms with E-state index in [0.29, 0.717) is 0 Å². The normalized spacial score (nSPS) is 33.2. The third-order valence-electron chi connectivity index (χ3n) is 3.56. The van der Waals surface area contributed by atoms with Crippen LogP contribution < -0.4 is 0 Å². The lowest BCUT2D eigenvalue weighted by Gasteiger charge is -2.37. The van der Waals surface area contributed by atoms with E-state index in [4.69, 9.17) is 9.47 Å². The van der Waals surface area contributed by atoms with Crippen LogP contribution in [0.25, 0.3) is 0 Å². The molecule has 1 aliphatic carbocycles. The van der Waals surface area contributed by atoms with Crippen molar-refractivity contribution in [2.24, 2.45) is 16.1 Å². The molecule has 1 aliphatic heterocycles. The number of ether oxygens (including phenoxy) is 3. The summed E-state index contributed by atoms with van der Waals surface area (Å²) in [7, 11) is 2.43. The van der Waals surface area contributed by atoms with Gasteiger partial charge in [0.1, 0.15) is 12.2 Å². The van der Waals surface area contributed by atoms with E-state index >= 15 is 0 Å². The molecule has 8 nitrogen and oxygen atoms in total. The van der Waals surface area contributed by atoms with Gasteiger partial charge >= 0.3 is 11.9 Å². The largest absolute Gasteiger partial charge is 0.480 e. The van der Waals surface area contributed by atoms with Gasteiger partial charge in [0.25, 0.3) is 0 Å². The maximum Gasteiger partial charge on any atom is 0.372 e. The molecule has 2 aliphatic rings. The molecule has 0 saturated heterocycles. The van der Waals surface area contributed by atoms with Crippen LogP contribution >= 0.6 is 0 Å². The minimum atomic E-state index is -1.34. The molecule has 0 aromatic rings. The summed E-state index contributed by atoms with van der Waals surface area (Å²) in [5, 5.41) is 17.9. The Hall–Kier alpha value is -2.22. The number of hydrogen-bond acceptors (Lipinski definition) is 8. The van der Waals surface area contributed by atoms with Crippen molar-refractivity contribution in [1.82, 2.24) is 0 Å². The van der Waals surface area contributed by atoms with Gasteiger partial charge in [0.15, 0.2) is 5.76 Å². The first-order valence-electron chi connectivity index (χ1n) is 6.24. The fourth-order valence-electron chi connectivity index (χ4n) is 2.46. The number of fused-ring (bicyclic) bond motifs is 1. The van der Waals surface area contributed by atoms with E-state index in [2.05, 4.69) is 21.5 Å². The highest BCUT2D eigenvalue weighted by Gasteiger charge is 2.56. The van der Waals surface area contributed by atoms with Gasteiger partial charge in [0.2, 0.25) is 5.54 Å². The van der Waals surface area contributed by atoms with E-state index < -0.39 is 35.6 Å². The monoisotopic (exact) mass is 296 g/mol. The Morgan fingerprint density at radius 3 is 2.71 bits per heavy atom. The van der Waals surface area contributed by atoms with Gasteiger partial charge in [-0.15, -0.1) is 0 Å². The number of carbonyl (C=O) groups is 2. The fraction of sp³-hybridized carbons (Fsp3) is 0.538. The van der Waals surface area contributed by atoms with E-state index in [1.54, 1.807) is 0 Å². The standard InChI is InChI=1S/C13H16N2O6/c1-7(11(17)19-2)21-10-8-6-14-15-13(8,12(18)20-3)5-4-9(10)16/h4-5,8-10,16H,1,6H2,2-3H3/t8-,9-,10-,13+/m1/s1. The molecule has 0 radical (unpaired) electrons. The van der Waals surface area contributed by atoms with Crippen LogP contribution in [0.3, 0.4) is 0 Å². The van der Waals surface area contributed by atoms with Crippen LogP contribution in [0.4, 0.5) is 0 Å². The van der Waals surface area contributed by atoms with Gasteiger partial charge in [-0.3, -0.25) is 0 Å². The second kappa shape index (κ2) is 5.65. The van der Waals surface area contributed by atoms with Crippen LogP contribution in [-0.4, -0.2) is 55.6 Å². The average Bonchev–Trinajstić information content (AvgIpc) is 2.93. The van der Waals surface area contributed by atoms with Gasteiger partial charge in [0, 0.05) is 0 Å². The van der Waals surface area contributed by atoms with Crippen molar-refractivity contribution < 1.29 is 28.9 Å². The number of rotatable bonds is 4. The summed E-state index contributed by atoms with van der Waals surface area (Å²) in [5.41, 5.74) is -1.34. The van der Waals surface area contributed by atoms with Gasteiger partial charge in [-0.25, -0.2) is 9.59 Å². The van der Waals surface area contributed by atoms with Crippen molar-refractivity contribution >= 4 is 11.9 Å². The molecular weight excluding hydrogens is 280 g/mol. The Kier molecular flexibility index (Phi) is 4.08. The predicted molar refractivity (Wildman–Crippen MR) is 69.1 cm³/mol.